The first-order valence-corrected chi connectivity index (χ1v) is 7.31. The van der Waals surface area contributed by atoms with E-state index in [2.05, 4.69) is 24.8 Å². The molecule has 0 unspecified atom stereocenters. The lowest BCUT2D eigenvalue weighted by molar-refractivity contribution is 0.558. The number of halogens is 1. The van der Waals surface area contributed by atoms with E-state index in [-0.39, 0.29) is 0 Å². The van der Waals surface area contributed by atoms with Crippen molar-refractivity contribution >= 4 is 28.3 Å². The van der Waals surface area contributed by atoms with Crippen LogP contribution in [0.3, 0.4) is 0 Å². The maximum absolute atomic E-state index is 6.12. The Morgan fingerprint density at radius 2 is 2.10 bits per heavy atom. The third-order valence-corrected chi connectivity index (χ3v) is 3.94. The minimum atomic E-state index is 0.377. The molecule has 3 aromatic rings. The summed E-state index contributed by atoms with van der Waals surface area (Å²) in [4.78, 5) is 7.75. The third kappa shape index (κ3) is 3.01. The molecule has 21 heavy (non-hydrogen) atoms. The van der Waals surface area contributed by atoms with Gasteiger partial charge in [0.05, 0.1) is 5.02 Å². The summed E-state index contributed by atoms with van der Waals surface area (Å²) >= 11 is 7.46. The van der Waals surface area contributed by atoms with E-state index < -0.39 is 0 Å². The number of hydrogen-bond donors (Lipinski definition) is 0. The van der Waals surface area contributed by atoms with Gasteiger partial charge in [-0.05, 0) is 17.3 Å². The Hall–Kier alpha value is -2.06. The number of hydrogen-bond acceptors (Lipinski definition) is 7. The smallest absolute Gasteiger partial charge is 0.206 e. The van der Waals surface area contributed by atoms with Crippen LogP contribution in [0.1, 0.15) is 5.82 Å². The largest absolute Gasteiger partial charge is 0.353 e. The molecule has 0 aliphatic heterocycles. The number of rotatable bonds is 4. The Labute approximate surface area is 130 Å². The van der Waals surface area contributed by atoms with Gasteiger partial charge in [-0.15, -0.1) is 10.2 Å². The molecule has 0 aliphatic rings. The predicted molar refractivity (Wildman–Crippen MR) is 81.6 cm³/mol. The molecule has 108 valence electrons. The molecule has 0 radical (unpaired) electrons. The predicted octanol–water partition coefficient (Wildman–Crippen LogP) is 1.96. The summed E-state index contributed by atoms with van der Waals surface area (Å²) < 4.78 is 4.27. The summed E-state index contributed by atoms with van der Waals surface area (Å²) in [6.45, 7) is 0.377. The fraction of sp³-hybridized carbons (Fsp3) is 0.250. The van der Waals surface area contributed by atoms with Crippen LogP contribution in [0.15, 0.2) is 24.3 Å². The highest BCUT2D eigenvalue weighted by atomic mass is 35.5. The fourth-order valence-electron chi connectivity index (χ4n) is 1.68. The van der Waals surface area contributed by atoms with E-state index in [1.54, 1.807) is 6.07 Å². The second-order valence-corrected chi connectivity index (χ2v) is 5.65. The van der Waals surface area contributed by atoms with Crippen molar-refractivity contribution in [2.75, 3.05) is 19.0 Å². The molecule has 0 saturated heterocycles. The zero-order valence-corrected chi connectivity index (χ0v) is 13.0. The van der Waals surface area contributed by atoms with Gasteiger partial charge in [0.15, 0.2) is 5.82 Å². The summed E-state index contributed by atoms with van der Waals surface area (Å²) in [7, 11) is 3.85. The van der Waals surface area contributed by atoms with Crippen molar-refractivity contribution in [2.24, 2.45) is 0 Å². The quantitative estimate of drug-likeness (QED) is 0.731. The molecule has 1 aromatic carbocycles. The van der Waals surface area contributed by atoms with Crippen molar-refractivity contribution in [3.8, 4) is 11.4 Å². The average Bonchev–Trinajstić information content (AvgIpc) is 3.09. The van der Waals surface area contributed by atoms with E-state index in [0.29, 0.717) is 23.2 Å². The van der Waals surface area contributed by atoms with E-state index in [1.807, 2.05) is 37.2 Å². The molecule has 0 fully saturated rings. The van der Waals surface area contributed by atoms with Crippen LogP contribution in [0.25, 0.3) is 11.4 Å². The Morgan fingerprint density at radius 1 is 1.29 bits per heavy atom. The van der Waals surface area contributed by atoms with Crippen molar-refractivity contribution in [2.45, 2.75) is 6.54 Å². The molecule has 0 spiro atoms. The first kappa shape index (κ1) is 13.9. The molecule has 0 amide bonds. The van der Waals surface area contributed by atoms with E-state index in [0.717, 1.165) is 10.7 Å². The first-order valence-electron chi connectivity index (χ1n) is 6.16. The van der Waals surface area contributed by atoms with Crippen LogP contribution in [-0.2, 0) is 6.54 Å². The molecule has 2 aromatic heterocycles. The molecule has 2 heterocycles. The second kappa shape index (κ2) is 5.74. The topological polar surface area (TPSA) is 72.6 Å². The number of nitrogens with zero attached hydrogens (tertiary/aromatic N) is 7. The SMILES string of the molecule is CN(C)c1nc(Cn2nnc(-c3ccccc3Cl)n2)ns1. The molecule has 0 bridgehead atoms. The van der Waals surface area contributed by atoms with Gasteiger partial charge in [0, 0.05) is 31.2 Å². The number of benzene rings is 1. The third-order valence-electron chi connectivity index (χ3n) is 2.69. The van der Waals surface area contributed by atoms with Gasteiger partial charge < -0.3 is 4.90 Å². The van der Waals surface area contributed by atoms with Crippen LogP contribution in [0.5, 0.6) is 0 Å². The van der Waals surface area contributed by atoms with Gasteiger partial charge in [-0.3, -0.25) is 0 Å². The highest BCUT2D eigenvalue weighted by molar-refractivity contribution is 7.09. The maximum Gasteiger partial charge on any atom is 0.206 e. The summed E-state index contributed by atoms with van der Waals surface area (Å²) in [6.07, 6.45) is 0. The molecular formula is C12H12ClN7S. The summed E-state index contributed by atoms with van der Waals surface area (Å²) in [5, 5.41) is 13.8. The lowest BCUT2D eigenvalue weighted by Crippen LogP contribution is -2.09. The van der Waals surface area contributed by atoms with Crippen molar-refractivity contribution < 1.29 is 0 Å². The monoisotopic (exact) mass is 321 g/mol. The number of anilines is 1. The number of tetrazole rings is 1. The van der Waals surface area contributed by atoms with Gasteiger partial charge in [-0.1, -0.05) is 23.7 Å². The van der Waals surface area contributed by atoms with E-state index in [4.69, 9.17) is 11.6 Å². The van der Waals surface area contributed by atoms with Crippen molar-refractivity contribution in [1.29, 1.82) is 0 Å². The van der Waals surface area contributed by atoms with Gasteiger partial charge in [-0.2, -0.15) is 9.17 Å². The minimum absolute atomic E-state index is 0.377. The molecule has 3 rings (SSSR count). The van der Waals surface area contributed by atoms with Crippen LogP contribution < -0.4 is 4.90 Å². The van der Waals surface area contributed by atoms with Gasteiger partial charge in [0.2, 0.25) is 11.0 Å². The van der Waals surface area contributed by atoms with E-state index in [9.17, 15) is 0 Å². The Bertz CT molecular complexity index is 751. The van der Waals surface area contributed by atoms with Crippen LogP contribution in [0.2, 0.25) is 5.02 Å². The van der Waals surface area contributed by atoms with E-state index in [1.165, 1.54) is 16.3 Å². The normalized spacial score (nSPS) is 10.8. The summed E-state index contributed by atoms with van der Waals surface area (Å²) in [5.41, 5.74) is 0.755. The molecule has 0 saturated carbocycles. The molecular weight excluding hydrogens is 310 g/mol. The number of aromatic nitrogens is 6. The zero-order valence-electron chi connectivity index (χ0n) is 11.4. The van der Waals surface area contributed by atoms with Crippen molar-refractivity contribution in [3.05, 3.63) is 35.1 Å². The molecule has 0 N–H and O–H groups in total. The highest BCUT2D eigenvalue weighted by Crippen LogP contribution is 2.23. The van der Waals surface area contributed by atoms with Crippen molar-refractivity contribution in [1.82, 2.24) is 29.6 Å². The Kier molecular flexibility index (Phi) is 3.80. The standard InChI is InChI=1S/C12H12ClN7S/c1-19(2)12-14-10(17-21-12)7-20-16-11(15-18-20)8-5-3-4-6-9(8)13/h3-6H,7H2,1-2H3. The summed E-state index contributed by atoms with van der Waals surface area (Å²) in [5.74, 6) is 1.15. The average molecular weight is 322 g/mol. The van der Waals surface area contributed by atoms with Crippen LogP contribution >= 0.6 is 23.1 Å². The highest BCUT2D eigenvalue weighted by Gasteiger charge is 2.11. The molecule has 0 aliphatic carbocycles. The lowest BCUT2D eigenvalue weighted by atomic mass is 10.2. The zero-order chi connectivity index (χ0) is 14.8. The Morgan fingerprint density at radius 3 is 2.81 bits per heavy atom. The van der Waals surface area contributed by atoms with Gasteiger partial charge in [-0.25, -0.2) is 4.98 Å². The van der Waals surface area contributed by atoms with Gasteiger partial charge >= 0.3 is 0 Å². The molecule has 0 atom stereocenters. The minimum Gasteiger partial charge on any atom is -0.353 e. The lowest BCUT2D eigenvalue weighted by Gasteiger charge is -2.04. The first-order chi connectivity index (χ1) is 10.1. The van der Waals surface area contributed by atoms with Gasteiger partial charge in [0.1, 0.15) is 6.54 Å². The van der Waals surface area contributed by atoms with Crippen LogP contribution in [0, 0.1) is 0 Å². The van der Waals surface area contributed by atoms with E-state index >= 15 is 0 Å². The van der Waals surface area contributed by atoms with Crippen LogP contribution in [0.4, 0.5) is 5.13 Å². The Balaban J connectivity index is 1.80. The summed E-state index contributed by atoms with van der Waals surface area (Å²) in [6, 6.07) is 7.39. The molecule has 9 heteroatoms. The van der Waals surface area contributed by atoms with Crippen LogP contribution in [-0.4, -0.2) is 43.7 Å². The second-order valence-electron chi connectivity index (χ2n) is 4.51. The van der Waals surface area contributed by atoms with Gasteiger partial charge in [0.25, 0.3) is 0 Å². The fourth-order valence-corrected chi connectivity index (χ4v) is 2.49. The maximum atomic E-state index is 6.12. The van der Waals surface area contributed by atoms with Crippen molar-refractivity contribution in [3.63, 3.8) is 0 Å². The molecule has 7 nitrogen and oxygen atoms in total.